The van der Waals surface area contributed by atoms with E-state index in [2.05, 4.69) is 5.32 Å². The van der Waals surface area contributed by atoms with Crippen LogP contribution in [0, 0.1) is 5.92 Å². The molecule has 0 spiro atoms. The van der Waals surface area contributed by atoms with Crippen LogP contribution < -0.4 is 10.1 Å². The van der Waals surface area contributed by atoms with Crippen LogP contribution in [0.5, 0.6) is 5.75 Å². The third-order valence-electron chi connectivity index (χ3n) is 4.48. The van der Waals surface area contributed by atoms with Gasteiger partial charge in [0.05, 0.1) is 12.6 Å². The standard InChI is InChI=1S/C20H22FNO3/c21-10-11-25-16-8-6-15(7-9-16)19(13-23)22-20(24)18-12-17(18)14-4-2-1-3-5-14/h1-9,17-19,23H,10-13H2,(H,22,24). The van der Waals surface area contributed by atoms with Crippen LogP contribution in [0.2, 0.25) is 0 Å². The van der Waals surface area contributed by atoms with E-state index >= 15 is 0 Å². The van der Waals surface area contributed by atoms with Gasteiger partial charge in [0.25, 0.3) is 0 Å². The molecule has 0 saturated heterocycles. The third kappa shape index (κ3) is 4.37. The Bertz CT molecular complexity index is 690. The number of ether oxygens (including phenoxy) is 1. The molecule has 1 aliphatic rings. The van der Waals surface area contributed by atoms with Gasteiger partial charge in [0.1, 0.15) is 19.0 Å². The average Bonchev–Trinajstić information content (AvgIpc) is 3.46. The van der Waals surface area contributed by atoms with E-state index in [9.17, 15) is 14.3 Å². The van der Waals surface area contributed by atoms with Crippen molar-refractivity contribution in [3.05, 3.63) is 65.7 Å². The molecule has 0 aromatic heterocycles. The minimum Gasteiger partial charge on any atom is -0.491 e. The second-order valence-corrected chi connectivity index (χ2v) is 6.21. The third-order valence-corrected chi connectivity index (χ3v) is 4.48. The Morgan fingerprint density at radius 2 is 1.92 bits per heavy atom. The zero-order valence-corrected chi connectivity index (χ0v) is 13.9. The van der Waals surface area contributed by atoms with E-state index in [0.29, 0.717) is 5.75 Å². The van der Waals surface area contributed by atoms with E-state index in [4.69, 9.17) is 4.74 Å². The van der Waals surface area contributed by atoms with Crippen LogP contribution in [0.25, 0.3) is 0 Å². The van der Waals surface area contributed by atoms with Gasteiger partial charge in [-0.2, -0.15) is 0 Å². The quantitative estimate of drug-likeness (QED) is 0.775. The van der Waals surface area contributed by atoms with E-state index in [0.717, 1.165) is 12.0 Å². The average molecular weight is 343 g/mol. The van der Waals surface area contributed by atoms with Crippen molar-refractivity contribution in [3.8, 4) is 5.75 Å². The monoisotopic (exact) mass is 343 g/mol. The lowest BCUT2D eigenvalue weighted by Gasteiger charge is -2.17. The summed E-state index contributed by atoms with van der Waals surface area (Å²) in [6, 6.07) is 16.5. The lowest BCUT2D eigenvalue weighted by atomic mass is 10.1. The molecule has 3 unspecified atom stereocenters. The first-order valence-corrected chi connectivity index (χ1v) is 8.48. The van der Waals surface area contributed by atoms with E-state index in [1.165, 1.54) is 5.56 Å². The van der Waals surface area contributed by atoms with Crippen LogP contribution >= 0.6 is 0 Å². The van der Waals surface area contributed by atoms with Gasteiger partial charge in [0.2, 0.25) is 5.91 Å². The molecule has 4 nitrogen and oxygen atoms in total. The Morgan fingerprint density at radius 3 is 2.56 bits per heavy atom. The summed E-state index contributed by atoms with van der Waals surface area (Å²) in [5, 5.41) is 12.5. The number of carbonyl (C=O) groups is 1. The Morgan fingerprint density at radius 1 is 1.20 bits per heavy atom. The number of hydrogen-bond acceptors (Lipinski definition) is 3. The van der Waals surface area contributed by atoms with Crippen molar-refractivity contribution in [2.45, 2.75) is 18.4 Å². The van der Waals surface area contributed by atoms with Crippen LogP contribution in [0.3, 0.4) is 0 Å². The Kier molecular flexibility index (Phi) is 5.66. The van der Waals surface area contributed by atoms with Crippen LogP contribution in [0.4, 0.5) is 4.39 Å². The summed E-state index contributed by atoms with van der Waals surface area (Å²) in [5.41, 5.74) is 1.97. The van der Waals surface area contributed by atoms with Gasteiger partial charge in [-0.05, 0) is 35.6 Å². The number of aliphatic hydroxyl groups excluding tert-OH is 1. The number of aliphatic hydroxyl groups is 1. The van der Waals surface area contributed by atoms with Crippen LogP contribution in [0.1, 0.15) is 29.5 Å². The molecule has 1 saturated carbocycles. The zero-order valence-electron chi connectivity index (χ0n) is 13.9. The highest BCUT2D eigenvalue weighted by Gasteiger charge is 2.44. The fourth-order valence-corrected chi connectivity index (χ4v) is 3.02. The maximum absolute atomic E-state index is 12.5. The Labute approximate surface area is 146 Å². The summed E-state index contributed by atoms with van der Waals surface area (Å²) >= 11 is 0. The van der Waals surface area contributed by atoms with Gasteiger partial charge in [-0.25, -0.2) is 4.39 Å². The van der Waals surface area contributed by atoms with Crippen molar-refractivity contribution in [1.82, 2.24) is 5.32 Å². The number of carbonyl (C=O) groups excluding carboxylic acids is 1. The largest absolute Gasteiger partial charge is 0.491 e. The highest BCUT2D eigenvalue weighted by Crippen LogP contribution is 2.47. The molecule has 1 aliphatic carbocycles. The Hall–Kier alpha value is -2.40. The van der Waals surface area contributed by atoms with Crippen LogP contribution in [-0.4, -0.2) is 30.9 Å². The molecule has 132 valence electrons. The molecule has 2 aromatic rings. The second kappa shape index (κ2) is 8.12. The summed E-state index contributed by atoms with van der Waals surface area (Å²) in [4.78, 5) is 12.5. The number of nitrogens with one attached hydrogen (secondary N) is 1. The fourth-order valence-electron chi connectivity index (χ4n) is 3.02. The fraction of sp³-hybridized carbons (Fsp3) is 0.350. The zero-order chi connectivity index (χ0) is 17.6. The van der Waals surface area contributed by atoms with Gasteiger partial charge >= 0.3 is 0 Å². The molecular weight excluding hydrogens is 321 g/mol. The molecule has 3 rings (SSSR count). The minimum atomic E-state index is -0.541. The normalized spacial score (nSPS) is 19.9. The van der Waals surface area contributed by atoms with Crippen LogP contribution in [0.15, 0.2) is 54.6 Å². The van der Waals surface area contributed by atoms with Crippen molar-refractivity contribution in [2.75, 3.05) is 19.9 Å². The van der Waals surface area contributed by atoms with Gasteiger partial charge in [-0.15, -0.1) is 0 Å². The molecule has 0 heterocycles. The molecule has 2 N–H and O–H groups in total. The van der Waals surface area contributed by atoms with Gasteiger partial charge in [0.15, 0.2) is 0 Å². The summed E-state index contributed by atoms with van der Waals surface area (Å²) in [6.07, 6.45) is 0.837. The molecule has 2 aromatic carbocycles. The maximum Gasteiger partial charge on any atom is 0.224 e. The lowest BCUT2D eigenvalue weighted by Crippen LogP contribution is -2.32. The highest BCUT2D eigenvalue weighted by atomic mass is 19.1. The number of amides is 1. The van der Waals surface area contributed by atoms with Crippen molar-refractivity contribution >= 4 is 5.91 Å². The second-order valence-electron chi connectivity index (χ2n) is 6.21. The van der Waals surface area contributed by atoms with Crippen molar-refractivity contribution in [2.24, 2.45) is 5.92 Å². The molecule has 5 heteroatoms. The first-order chi connectivity index (χ1) is 12.2. The highest BCUT2D eigenvalue weighted by molar-refractivity contribution is 5.83. The predicted molar refractivity (Wildman–Crippen MR) is 93.2 cm³/mol. The first-order valence-electron chi connectivity index (χ1n) is 8.48. The van der Waals surface area contributed by atoms with Crippen molar-refractivity contribution in [1.29, 1.82) is 0 Å². The molecule has 0 bridgehead atoms. The van der Waals surface area contributed by atoms with Crippen molar-refractivity contribution < 1.29 is 19.0 Å². The topological polar surface area (TPSA) is 58.6 Å². The van der Waals surface area contributed by atoms with Gasteiger partial charge in [-0.1, -0.05) is 42.5 Å². The Balaban J connectivity index is 1.58. The smallest absolute Gasteiger partial charge is 0.224 e. The molecule has 3 atom stereocenters. The van der Waals surface area contributed by atoms with E-state index < -0.39 is 12.7 Å². The van der Waals surface area contributed by atoms with Gasteiger partial charge in [0, 0.05) is 5.92 Å². The number of hydrogen-bond donors (Lipinski definition) is 2. The predicted octanol–water partition coefficient (Wildman–Crippen LogP) is 2.99. The lowest BCUT2D eigenvalue weighted by molar-refractivity contribution is -0.123. The summed E-state index contributed by atoms with van der Waals surface area (Å²) in [7, 11) is 0. The molecule has 0 aliphatic heterocycles. The summed E-state index contributed by atoms with van der Waals surface area (Å²) < 4.78 is 17.3. The molecule has 1 fully saturated rings. The van der Waals surface area contributed by atoms with Gasteiger partial charge in [-0.3, -0.25) is 4.79 Å². The van der Waals surface area contributed by atoms with E-state index in [-0.39, 0.29) is 31.0 Å². The first kappa shape index (κ1) is 17.4. The van der Waals surface area contributed by atoms with Crippen molar-refractivity contribution in [3.63, 3.8) is 0 Å². The maximum atomic E-state index is 12.5. The molecule has 25 heavy (non-hydrogen) atoms. The number of halogens is 1. The van der Waals surface area contributed by atoms with Gasteiger partial charge < -0.3 is 15.2 Å². The molecule has 1 amide bonds. The SMILES string of the molecule is O=C(NC(CO)c1ccc(OCCF)cc1)C1CC1c1ccccc1. The van der Waals surface area contributed by atoms with E-state index in [1.54, 1.807) is 24.3 Å². The number of rotatable bonds is 8. The number of benzene rings is 2. The number of alkyl halides is 1. The molecule has 0 radical (unpaired) electrons. The van der Waals surface area contributed by atoms with Crippen LogP contribution in [-0.2, 0) is 4.79 Å². The molecular formula is C20H22FNO3. The summed E-state index contributed by atoms with van der Waals surface area (Å²) in [5.74, 6) is 0.752. The summed E-state index contributed by atoms with van der Waals surface area (Å²) in [6.45, 7) is -0.706. The minimum absolute atomic E-state index is 0.0159. The van der Waals surface area contributed by atoms with E-state index in [1.807, 2.05) is 30.3 Å².